The Bertz CT molecular complexity index is 1370. The fraction of sp³-hybridized carbons (Fsp3) is 0.407. The summed E-state index contributed by atoms with van der Waals surface area (Å²) in [5.74, 6) is 3.54. The maximum absolute atomic E-state index is 13.1. The Hall–Kier alpha value is -4.51. The SMILES string of the molecule is C#C/C=C\C=C/CCSCC(=O)CNC(=O)C(CC)n1ccnc(NC/C(=N/O)C(=N)CCc2nc(C)no2)c1=O. The minimum Gasteiger partial charge on any atom is -0.411 e. The van der Waals surface area contributed by atoms with E-state index in [1.54, 1.807) is 26.0 Å². The molecule has 0 aliphatic carbocycles. The maximum atomic E-state index is 13.1. The molecule has 0 saturated heterocycles. The highest BCUT2D eigenvalue weighted by atomic mass is 32.2. The summed E-state index contributed by atoms with van der Waals surface area (Å²) in [6.45, 7) is 3.13. The zero-order chi connectivity index (χ0) is 30.0. The lowest BCUT2D eigenvalue weighted by atomic mass is 10.1. The summed E-state index contributed by atoms with van der Waals surface area (Å²) in [4.78, 5) is 46.2. The molecule has 0 spiro atoms. The summed E-state index contributed by atoms with van der Waals surface area (Å²) < 4.78 is 6.24. The van der Waals surface area contributed by atoms with E-state index in [2.05, 4.69) is 36.8 Å². The lowest BCUT2D eigenvalue weighted by Gasteiger charge is -2.18. The van der Waals surface area contributed by atoms with Gasteiger partial charge in [-0.05, 0) is 38.0 Å². The van der Waals surface area contributed by atoms with E-state index in [4.69, 9.17) is 16.4 Å². The second-order valence-electron chi connectivity index (χ2n) is 8.58. The van der Waals surface area contributed by atoms with Gasteiger partial charge in [-0.15, -0.1) is 6.42 Å². The zero-order valence-electron chi connectivity index (χ0n) is 23.0. The molecule has 0 saturated carbocycles. The molecule has 1 unspecified atom stereocenters. The number of rotatable bonds is 18. The van der Waals surface area contributed by atoms with Gasteiger partial charge in [0.2, 0.25) is 11.8 Å². The number of nitrogens with one attached hydrogen (secondary N) is 3. The first kappa shape index (κ1) is 32.7. The first-order valence-corrected chi connectivity index (χ1v) is 14.0. The van der Waals surface area contributed by atoms with Gasteiger partial charge in [0.1, 0.15) is 11.8 Å². The Kier molecular flexibility index (Phi) is 14.3. The number of Topliss-reactive ketones (excluding diaryl/α,β-unsaturated/α-hetero) is 1. The molecule has 41 heavy (non-hydrogen) atoms. The van der Waals surface area contributed by atoms with Crippen LogP contribution in [0.3, 0.4) is 0 Å². The van der Waals surface area contributed by atoms with Crippen LogP contribution in [-0.4, -0.2) is 72.6 Å². The van der Waals surface area contributed by atoms with Crippen LogP contribution in [0.5, 0.6) is 0 Å². The highest BCUT2D eigenvalue weighted by Gasteiger charge is 2.22. The van der Waals surface area contributed by atoms with Crippen molar-refractivity contribution >= 4 is 40.7 Å². The first-order valence-electron chi connectivity index (χ1n) is 12.8. The number of carbonyl (C=O) groups excluding carboxylic acids is 2. The van der Waals surface area contributed by atoms with Gasteiger partial charge < -0.3 is 25.8 Å². The van der Waals surface area contributed by atoms with E-state index in [0.717, 1.165) is 12.2 Å². The monoisotopic (exact) mass is 582 g/mol. The summed E-state index contributed by atoms with van der Waals surface area (Å²) in [6.07, 6.45) is 16.6. The normalized spacial score (nSPS) is 12.4. The van der Waals surface area contributed by atoms with Crippen LogP contribution < -0.4 is 16.2 Å². The summed E-state index contributed by atoms with van der Waals surface area (Å²) in [5, 5.41) is 29.8. The molecule has 0 aliphatic rings. The molecule has 218 valence electrons. The van der Waals surface area contributed by atoms with Crippen LogP contribution in [0.25, 0.3) is 0 Å². The third-order valence-corrected chi connectivity index (χ3v) is 6.59. The number of oxime groups is 1. The van der Waals surface area contributed by atoms with E-state index in [1.165, 1.54) is 28.7 Å². The van der Waals surface area contributed by atoms with Gasteiger partial charge in [0.05, 0.1) is 24.6 Å². The molecule has 2 rings (SSSR count). The molecule has 1 amide bonds. The number of terminal acetylenes is 1. The topological polar surface area (TPSA) is 188 Å². The van der Waals surface area contributed by atoms with Crippen molar-refractivity contribution in [1.82, 2.24) is 25.0 Å². The fourth-order valence-electron chi connectivity index (χ4n) is 3.47. The number of anilines is 1. The standard InChI is InChI=1S/C27H34N8O5S/c1-4-6-7-8-9-10-15-41-18-20(36)16-31-26(37)23(5-2)35-14-13-29-25(27(35)38)30-17-22(33-39)21(28)11-12-24-32-19(3)34-40-24/h1,6-9,13-14,23,28,39H,5,10-12,15-18H2,2-3H3,(H,29,30)(H,31,37)/b7-6-,9-8-,28-21?,33-22-. The van der Waals surface area contributed by atoms with E-state index < -0.39 is 17.5 Å². The van der Waals surface area contributed by atoms with E-state index >= 15 is 0 Å². The average molecular weight is 583 g/mol. The molecular weight excluding hydrogens is 548 g/mol. The predicted octanol–water partition coefficient (Wildman–Crippen LogP) is 2.33. The van der Waals surface area contributed by atoms with Crippen molar-refractivity contribution in [3.05, 3.63) is 58.8 Å². The molecule has 2 aromatic rings. The number of carbonyl (C=O) groups is 2. The van der Waals surface area contributed by atoms with Gasteiger partial charge in [-0.1, -0.05) is 41.4 Å². The van der Waals surface area contributed by atoms with Crippen molar-refractivity contribution in [2.75, 3.05) is 29.9 Å². The van der Waals surface area contributed by atoms with Crippen molar-refractivity contribution in [2.24, 2.45) is 5.16 Å². The highest BCUT2D eigenvalue weighted by Crippen LogP contribution is 2.10. The lowest BCUT2D eigenvalue weighted by Crippen LogP contribution is -2.40. The number of allylic oxidation sites excluding steroid dienone is 4. The molecular formula is C27H34N8O5S. The first-order chi connectivity index (χ1) is 19.8. The van der Waals surface area contributed by atoms with Crippen LogP contribution in [0.4, 0.5) is 5.82 Å². The summed E-state index contributed by atoms with van der Waals surface area (Å²) in [7, 11) is 0. The third-order valence-electron chi connectivity index (χ3n) is 5.54. The minimum atomic E-state index is -0.866. The Morgan fingerprint density at radius 3 is 2.85 bits per heavy atom. The number of hydrogen-bond donors (Lipinski definition) is 4. The minimum absolute atomic E-state index is 0.00392. The van der Waals surface area contributed by atoms with Gasteiger partial charge in [-0.3, -0.25) is 19.0 Å². The molecule has 1 atom stereocenters. The highest BCUT2D eigenvalue weighted by molar-refractivity contribution is 7.99. The quantitative estimate of drug-likeness (QED) is 0.0507. The van der Waals surface area contributed by atoms with Crippen LogP contribution >= 0.6 is 11.8 Å². The smallest absolute Gasteiger partial charge is 0.294 e. The van der Waals surface area contributed by atoms with Crippen LogP contribution in [-0.2, 0) is 16.0 Å². The molecule has 0 aliphatic heterocycles. The molecule has 13 nitrogen and oxygen atoms in total. The largest absolute Gasteiger partial charge is 0.411 e. The summed E-state index contributed by atoms with van der Waals surface area (Å²) in [5.41, 5.74) is -0.572. The second kappa shape index (κ2) is 18.0. The van der Waals surface area contributed by atoms with Crippen molar-refractivity contribution in [3.8, 4) is 12.3 Å². The summed E-state index contributed by atoms with van der Waals surface area (Å²) in [6, 6.07) is -0.866. The Morgan fingerprint density at radius 1 is 1.37 bits per heavy atom. The zero-order valence-corrected chi connectivity index (χ0v) is 23.8. The number of aromatic nitrogens is 4. The van der Waals surface area contributed by atoms with E-state index in [1.807, 2.05) is 12.2 Å². The van der Waals surface area contributed by atoms with Gasteiger partial charge in [-0.2, -0.15) is 16.7 Å². The van der Waals surface area contributed by atoms with E-state index in [-0.39, 0.29) is 54.7 Å². The number of ketones is 1. The lowest BCUT2D eigenvalue weighted by molar-refractivity contribution is -0.127. The van der Waals surface area contributed by atoms with E-state index in [0.29, 0.717) is 18.1 Å². The van der Waals surface area contributed by atoms with Crippen LogP contribution in [0.2, 0.25) is 0 Å². The molecule has 2 heterocycles. The van der Waals surface area contributed by atoms with Crippen molar-refractivity contribution < 1.29 is 19.3 Å². The molecule has 0 radical (unpaired) electrons. The Morgan fingerprint density at radius 2 is 2.17 bits per heavy atom. The molecule has 0 bridgehead atoms. The number of hydrogen-bond acceptors (Lipinski definition) is 12. The van der Waals surface area contributed by atoms with Crippen LogP contribution in [0.1, 0.15) is 43.9 Å². The van der Waals surface area contributed by atoms with Crippen molar-refractivity contribution in [3.63, 3.8) is 0 Å². The average Bonchev–Trinajstić information content (AvgIpc) is 3.39. The van der Waals surface area contributed by atoms with Gasteiger partial charge >= 0.3 is 0 Å². The maximum Gasteiger partial charge on any atom is 0.294 e. The molecule has 0 fully saturated rings. The van der Waals surface area contributed by atoms with Crippen LogP contribution in [0.15, 0.2) is 51.2 Å². The fourth-order valence-corrected chi connectivity index (χ4v) is 4.24. The van der Waals surface area contributed by atoms with Gasteiger partial charge in [0, 0.05) is 18.8 Å². The summed E-state index contributed by atoms with van der Waals surface area (Å²) >= 11 is 1.46. The number of aryl methyl sites for hydroxylation is 2. The molecule has 14 heteroatoms. The Balaban J connectivity index is 1.88. The third kappa shape index (κ3) is 11.2. The number of nitrogens with zero attached hydrogens (tertiary/aromatic N) is 5. The Labute approximate surface area is 242 Å². The number of amides is 1. The van der Waals surface area contributed by atoms with E-state index in [9.17, 15) is 19.6 Å². The second-order valence-corrected chi connectivity index (χ2v) is 9.68. The van der Waals surface area contributed by atoms with Gasteiger partial charge in [-0.25, -0.2) is 4.98 Å². The number of thioether (sulfide) groups is 1. The van der Waals surface area contributed by atoms with Crippen molar-refractivity contribution in [2.45, 2.75) is 45.6 Å². The van der Waals surface area contributed by atoms with Crippen molar-refractivity contribution in [1.29, 1.82) is 5.41 Å². The van der Waals surface area contributed by atoms with Crippen LogP contribution in [0, 0.1) is 24.7 Å². The van der Waals surface area contributed by atoms with Gasteiger partial charge in [0.25, 0.3) is 5.56 Å². The predicted molar refractivity (Wildman–Crippen MR) is 158 cm³/mol. The molecule has 0 aromatic carbocycles. The molecule has 4 N–H and O–H groups in total. The van der Waals surface area contributed by atoms with Gasteiger partial charge in [0.15, 0.2) is 17.4 Å². The molecule has 2 aromatic heterocycles.